The normalized spacial score (nSPS) is 10.8. The zero-order valence-corrected chi connectivity index (χ0v) is 11.5. The van der Waals surface area contributed by atoms with Crippen molar-refractivity contribution in [1.29, 1.82) is 5.26 Å². The fourth-order valence-corrected chi connectivity index (χ4v) is 2.53. The molecule has 0 bridgehead atoms. The lowest BCUT2D eigenvalue weighted by Crippen LogP contribution is -2.04. The van der Waals surface area contributed by atoms with Gasteiger partial charge >= 0.3 is 0 Å². The molecule has 0 atom stereocenters. The van der Waals surface area contributed by atoms with Crippen LogP contribution in [0.4, 0.5) is 0 Å². The van der Waals surface area contributed by atoms with Gasteiger partial charge in [-0.2, -0.15) is 5.26 Å². The molecule has 0 aliphatic rings. The van der Waals surface area contributed by atoms with Crippen LogP contribution in [0.15, 0.2) is 30.6 Å². The van der Waals surface area contributed by atoms with Gasteiger partial charge in [0.05, 0.1) is 22.8 Å². The van der Waals surface area contributed by atoms with Crippen LogP contribution in [0.25, 0.3) is 11.0 Å². The highest BCUT2D eigenvalue weighted by molar-refractivity contribution is 7.71. The van der Waals surface area contributed by atoms with Crippen LogP contribution in [0.2, 0.25) is 0 Å². The molecule has 0 aliphatic carbocycles. The molecule has 0 spiro atoms. The molecule has 0 fully saturated rings. The minimum atomic E-state index is 0.614. The summed E-state index contributed by atoms with van der Waals surface area (Å²) in [5.41, 5.74) is 2.39. The molecule has 20 heavy (non-hydrogen) atoms. The van der Waals surface area contributed by atoms with Crippen LogP contribution >= 0.6 is 12.2 Å². The maximum atomic E-state index is 9.11. The van der Waals surface area contributed by atoms with Crippen molar-refractivity contribution < 1.29 is 0 Å². The highest BCUT2D eigenvalue weighted by atomic mass is 32.1. The van der Waals surface area contributed by atoms with E-state index in [9.17, 15) is 0 Å². The second kappa shape index (κ2) is 5.27. The van der Waals surface area contributed by atoms with E-state index in [0.29, 0.717) is 10.3 Å². The molecular formula is C13H12N6S. The standard InChI is InChI=1S/C13H12N6S/c14-9-10-3-1-4-11-12(10)16-13(20)19(11)7-2-6-18-8-5-15-17-18/h1,3-5,8H,2,6-7H2,(H,16,20). The first-order valence-electron chi connectivity index (χ1n) is 6.25. The van der Waals surface area contributed by atoms with E-state index in [1.54, 1.807) is 16.9 Å². The van der Waals surface area contributed by atoms with E-state index in [1.807, 2.05) is 22.9 Å². The number of nitriles is 1. The third-order valence-corrected chi connectivity index (χ3v) is 3.49. The molecule has 0 saturated heterocycles. The van der Waals surface area contributed by atoms with Crippen molar-refractivity contribution in [3.05, 3.63) is 40.9 Å². The Morgan fingerprint density at radius 2 is 2.25 bits per heavy atom. The minimum Gasteiger partial charge on any atom is -0.329 e. The van der Waals surface area contributed by atoms with E-state index < -0.39 is 0 Å². The van der Waals surface area contributed by atoms with Gasteiger partial charge in [0, 0.05) is 19.3 Å². The number of hydrogen-bond donors (Lipinski definition) is 1. The average molecular weight is 284 g/mol. The number of nitrogens with one attached hydrogen (secondary N) is 1. The maximum Gasteiger partial charge on any atom is 0.178 e. The van der Waals surface area contributed by atoms with Gasteiger partial charge in [0.1, 0.15) is 6.07 Å². The number of H-pyrrole nitrogens is 1. The summed E-state index contributed by atoms with van der Waals surface area (Å²) in [6.07, 6.45) is 4.39. The molecule has 2 aromatic heterocycles. The summed E-state index contributed by atoms with van der Waals surface area (Å²) in [6.45, 7) is 1.56. The first-order chi connectivity index (χ1) is 9.79. The number of rotatable bonds is 4. The predicted octanol–water partition coefficient (Wildman–Crippen LogP) is 2.25. The Bertz CT molecular complexity index is 821. The van der Waals surface area contributed by atoms with E-state index in [2.05, 4.69) is 21.4 Å². The molecular weight excluding hydrogens is 272 g/mol. The molecule has 0 radical (unpaired) electrons. The molecule has 6 nitrogen and oxygen atoms in total. The van der Waals surface area contributed by atoms with Crippen molar-refractivity contribution in [2.24, 2.45) is 0 Å². The zero-order valence-electron chi connectivity index (χ0n) is 10.7. The summed E-state index contributed by atoms with van der Waals surface area (Å²) < 4.78 is 4.45. The van der Waals surface area contributed by atoms with Gasteiger partial charge in [0.25, 0.3) is 0 Å². The number of nitrogens with zero attached hydrogens (tertiary/aromatic N) is 5. The number of hydrogen-bond acceptors (Lipinski definition) is 4. The first-order valence-corrected chi connectivity index (χ1v) is 6.66. The van der Waals surface area contributed by atoms with Crippen molar-refractivity contribution in [3.63, 3.8) is 0 Å². The van der Waals surface area contributed by atoms with E-state index in [4.69, 9.17) is 17.5 Å². The van der Waals surface area contributed by atoms with Gasteiger partial charge in [-0.25, -0.2) is 0 Å². The number of para-hydroxylation sites is 1. The van der Waals surface area contributed by atoms with Crippen molar-refractivity contribution in [2.45, 2.75) is 19.5 Å². The zero-order chi connectivity index (χ0) is 13.9. The van der Waals surface area contributed by atoms with Gasteiger partial charge in [-0.3, -0.25) is 4.68 Å². The molecule has 0 amide bonds. The monoisotopic (exact) mass is 284 g/mol. The molecule has 2 heterocycles. The highest BCUT2D eigenvalue weighted by Gasteiger charge is 2.07. The van der Waals surface area contributed by atoms with Crippen LogP contribution in [0.3, 0.4) is 0 Å². The third kappa shape index (κ3) is 2.21. The van der Waals surface area contributed by atoms with Gasteiger partial charge in [0.2, 0.25) is 0 Å². The lowest BCUT2D eigenvalue weighted by Gasteiger charge is -2.04. The van der Waals surface area contributed by atoms with Crippen molar-refractivity contribution >= 4 is 23.3 Å². The van der Waals surface area contributed by atoms with E-state index in [1.165, 1.54) is 0 Å². The SMILES string of the molecule is N#Cc1cccc2c1[nH]c(=S)n2CCCn1ccnn1. The van der Waals surface area contributed by atoms with Gasteiger partial charge in [-0.15, -0.1) is 5.10 Å². The van der Waals surface area contributed by atoms with Gasteiger partial charge in [-0.05, 0) is 30.8 Å². The van der Waals surface area contributed by atoms with Crippen LogP contribution in [0, 0.1) is 16.1 Å². The Morgan fingerprint density at radius 1 is 1.35 bits per heavy atom. The predicted molar refractivity (Wildman–Crippen MR) is 76.5 cm³/mol. The summed E-state index contributed by atoms with van der Waals surface area (Å²) in [4.78, 5) is 3.11. The Labute approximate surface area is 120 Å². The number of aromatic nitrogens is 5. The van der Waals surface area contributed by atoms with Crippen molar-refractivity contribution in [1.82, 2.24) is 24.5 Å². The lowest BCUT2D eigenvalue weighted by molar-refractivity contribution is 0.517. The van der Waals surface area contributed by atoms with Gasteiger partial charge < -0.3 is 9.55 Å². The maximum absolute atomic E-state index is 9.11. The van der Waals surface area contributed by atoms with E-state index in [0.717, 1.165) is 30.5 Å². The summed E-state index contributed by atoms with van der Waals surface area (Å²) in [5, 5.41) is 16.8. The summed E-state index contributed by atoms with van der Waals surface area (Å²) in [5.74, 6) is 0. The molecule has 100 valence electrons. The quantitative estimate of drug-likeness (QED) is 0.746. The van der Waals surface area contributed by atoms with E-state index in [-0.39, 0.29) is 0 Å². The summed E-state index contributed by atoms with van der Waals surface area (Å²) in [6, 6.07) is 7.80. The largest absolute Gasteiger partial charge is 0.329 e. The minimum absolute atomic E-state index is 0.614. The Kier molecular flexibility index (Phi) is 3.31. The number of aryl methyl sites for hydroxylation is 2. The molecule has 3 aromatic rings. The van der Waals surface area contributed by atoms with Crippen molar-refractivity contribution in [3.8, 4) is 6.07 Å². The second-order valence-corrected chi connectivity index (χ2v) is 4.80. The summed E-state index contributed by atoms with van der Waals surface area (Å²) >= 11 is 5.34. The number of benzene rings is 1. The van der Waals surface area contributed by atoms with Crippen LogP contribution in [0.5, 0.6) is 0 Å². The first kappa shape index (κ1) is 12.6. The van der Waals surface area contributed by atoms with E-state index >= 15 is 0 Å². The number of imidazole rings is 1. The molecule has 1 N–H and O–H groups in total. The van der Waals surface area contributed by atoms with Gasteiger partial charge in [0.15, 0.2) is 4.77 Å². The van der Waals surface area contributed by atoms with Crippen LogP contribution in [-0.2, 0) is 13.1 Å². The molecule has 7 heteroatoms. The molecule has 3 rings (SSSR count). The van der Waals surface area contributed by atoms with Crippen LogP contribution in [0.1, 0.15) is 12.0 Å². The second-order valence-electron chi connectivity index (χ2n) is 4.41. The molecule has 0 unspecified atom stereocenters. The number of fused-ring (bicyclic) bond motifs is 1. The number of aromatic amines is 1. The topological polar surface area (TPSA) is 75.2 Å². The highest BCUT2D eigenvalue weighted by Crippen LogP contribution is 2.18. The average Bonchev–Trinajstić information content (AvgIpc) is 3.07. The molecule has 1 aromatic carbocycles. The fraction of sp³-hybridized carbons (Fsp3) is 0.231. The van der Waals surface area contributed by atoms with Gasteiger partial charge in [-0.1, -0.05) is 11.3 Å². The molecule has 0 aliphatic heterocycles. The smallest absolute Gasteiger partial charge is 0.178 e. The Morgan fingerprint density at radius 3 is 3.00 bits per heavy atom. The molecule has 0 saturated carbocycles. The Balaban J connectivity index is 1.86. The third-order valence-electron chi connectivity index (χ3n) is 3.17. The van der Waals surface area contributed by atoms with Crippen LogP contribution in [-0.4, -0.2) is 24.5 Å². The fourth-order valence-electron chi connectivity index (χ4n) is 2.24. The Hall–Kier alpha value is -2.46. The summed E-state index contributed by atoms with van der Waals surface area (Å²) in [7, 11) is 0. The lowest BCUT2D eigenvalue weighted by atomic mass is 10.2. The van der Waals surface area contributed by atoms with Crippen LogP contribution < -0.4 is 0 Å². The van der Waals surface area contributed by atoms with Crippen molar-refractivity contribution in [2.75, 3.05) is 0 Å².